The first-order chi connectivity index (χ1) is 9.95. The van der Waals surface area contributed by atoms with Crippen LogP contribution in [0.15, 0.2) is 18.2 Å². The van der Waals surface area contributed by atoms with Crippen LogP contribution in [-0.4, -0.2) is 47.4 Å². The van der Waals surface area contributed by atoms with Crippen LogP contribution in [0.25, 0.3) is 0 Å². The van der Waals surface area contributed by atoms with Crippen molar-refractivity contribution < 1.29 is 9.31 Å². The summed E-state index contributed by atoms with van der Waals surface area (Å²) in [5, 5.41) is 10.6. The van der Waals surface area contributed by atoms with Crippen molar-refractivity contribution >= 4 is 5.69 Å². The maximum atomic E-state index is 13.6. The number of nitro benzene ring substituents is 1. The maximum absolute atomic E-state index is 13.6. The number of benzene rings is 1. The number of nitro groups is 1. The normalized spacial score (nSPS) is 17.3. The molecule has 0 amide bonds. The smallest absolute Gasteiger partial charge is 0.301 e. The Hall–Kier alpha value is -1.53. The molecule has 1 aliphatic heterocycles. The number of rotatable bonds is 5. The summed E-state index contributed by atoms with van der Waals surface area (Å²) in [6.07, 6.45) is 0. The Balaban J connectivity index is 1.89. The van der Waals surface area contributed by atoms with Gasteiger partial charge in [-0.1, -0.05) is 19.9 Å². The molecule has 0 saturated carbocycles. The van der Waals surface area contributed by atoms with E-state index in [9.17, 15) is 14.5 Å². The van der Waals surface area contributed by atoms with Crippen LogP contribution < -0.4 is 0 Å². The second-order valence-electron chi connectivity index (χ2n) is 6.01. The summed E-state index contributed by atoms with van der Waals surface area (Å²) in [5.41, 5.74) is 0.330. The number of nitrogens with zero attached hydrogens (tertiary/aromatic N) is 3. The number of hydrogen-bond acceptors (Lipinski definition) is 4. The zero-order valence-corrected chi connectivity index (χ0v) is 12.6. The molecule has 0 N–H and O–H groups in total. The molecule has 6 heteroatoms. The van der Waals surface area contributed by atoms with Gasteiger partial charge in [0.05, 0.1) is 4.92 Å². The lowest BCUT2D eigenvalue weighted by molar-refractivity contribution is -0.387. The molecule has 21 heavy (non-hydrogen) atoms. The topological polar surface area (TPSA) is 49.6 Å². The molecule has 1 aromatic carbocycles. The van der Waals surface area contributed by atoms with E-state index >= 15 is 0 Å². The van der Waals surface area contributed by atoms with Gasteiger partial charge in [0.15, 0.2) is 0 Å². The fourth-order valence-corrected chi connectivity index (χ4v) is 2.70. The zero-order valence-electron chi connectivity index (χ0n) is 12.6. The van der Waals surface area contributed by atoms with Gasteiger partial charge in [-0.3, -0.25) is 15.0 Å². The molecule has 0 spiro atoms. The van der Waals surface area contributed by atoms with E-state index in [4.69, 9.17) is 0 Å². The lowest BCUT2D eigenvalue weighted by atomic mass is 10.1. The molecule has 0 aliphatic carbocycles. The van der Waals surface area contributed by atoms with E-state index in [0.29, 0.717) is 12.5 Å². The van der Waals surface area contributed by atoms with Crippen LogP contribution in [0.4, 0.5) is 10.1 Å². The van der Waals surface area contributed by atoms with Crippen molar-refractivity contribution in [1.82, 2.24) is 9.80 Å². The third-order valence-electron chi connectivity index (χ3n) is 3.70. The van der Waals surface area contributed by atoms with Crippen molar-refractivity contribution in [2.75, 3.05) is 32.7 Å². The van der Waals surface area contributed by atoms with Gasteiger partial charge in [-0.2, -0.15) is 4.39 Å². The SMILES string of the molecule is CC(C)CN1CCN(Cc2ccc([N+](=O)[O-])c(F)c2)CC1. The molecule has 0 atom stereocenters. The molecular weight excluding hydrogens is 273 g/mol. The Labute approximate surface area is 124 Å². The minimum absolute atomic E-state index is 0.458. The molecule has 1 heterocycles. The number of hydrogen-bond donors (Lipinski definition) is 0. The van der Waals surface area contributed by atoms with E-state index in [-0.39, 0.29) is 0 Å². The fourth-order valence-electron chi connectivity index (χ4n) is 2.70. The summed E-state index contributed by atoms with van der Waals surface area (Å²) in [7, 11) is 0. The van der Waals surface area contributed by atoms with Gasteiger partial charge in [0.25, 0.3) is 0 Å². The van der Waals surface area contributed by atoms with Gasteiger partial charge in [-0.15, -0.1) is 0 Å². The van der Waals surface area contributed by atoms with E-state index in [2.05, 4.69) is 23.6 Å². The van der Waals surface area contributed by atoms with Gasteiger partial charge in [0, 0.05) is 45.3 Å². The van der Waals surface area contributed by atoms with E-state index in [1.54, 1.807) is 6.07 Å². The molecule has 1 fully saturated rings. The first-order valence-electron chi connectivity index (χ1n) is 7.33. The van der Waals surface area contributed by atoms with Crippen LogP contribution in [0.1, 0.15) is 19.4 Å². The van der Waals surface area contributed by atoms with Gasteiger partial charge in [-0.25, -0.2) is 0 Å². The van der Waals surface area contributed by atoms with E-state index < -0.39 is 16.4 Å². The second-order valence-corrected chi connectivity index (χ2v) is 6.01. The van der Waals surface area contributed by atoms with Crippen molar-refractivity contribution in [1.29, 1.82) is 0 Å². The van der Waals surface area contributed by atoms with Crippen LogP contribution in [-0.2, 0) is 6.54 Å². The average molecular weight is 295 g/mol. The molecule has 0 radical (unpaired) electrons. The van der Waals surface area contributed by atoms with Crippen molar-refractivity contribution in [2.45, 2.75) is 20.4 Å². The molecule has 0 unspecified atom stereocenters. The van der Waals surface area contributed by atoms with Crippen LogP contribution in [0.2, 0.25) is 0 Å². The Morgan fingerprint density at radius 3 is 2.38 bits per heavy atom. The molecule has 1 saturated heterocycles. The molecule has 2 rings (SSSR count). The van der Waals surface area contributed by atoms with Crippen LogP contribution >= 0.6 is 0 Å². The summed E-state index contributed by atoms with van der Waals surface area (Å²) < 4.78 is 13.6. The minimum atomic E-state index is -0.754. The van der Waals surface area contributed by atoms with Crippen molar-refractivity contribution in [3.8, 4) is 0 Å². The molecule has 1 aromatic rings. The van der Waals surface area contributed by atoms with Crippen molar-refractivity contribution in [2.24, 2.45) is 5.92 Å². The highest BCUT2D eigenvalue weighted by Crippen LogP contribution is 2.19. The van der Waals surface area contributed by atoms with E-state index in [1.165, 1.54) is 12.1 Å². The summed E-state index contributed by atoms with van der Waals surface area (Å²) in [5.74, 6) is -0.0868. The molecule has 0 aromatic heterocycles. The largest absolute Gasteiger partial charge is 0.304 e. The minimum Gasteiger partial charge on any atom is -0.301 e. The third kappa shape index (κ3) is 4.47. The highest BCUT2D eigenvalue weighted by molar-refractivity contribution is 5.34. The Kier molecular flexibility index (Phi) is 5.25. The summed E-state index contributed by atoms with van der Waals surface area (Å²) in [4.78, 5) is 14.6. The van der Waals surface area contributed by atoms with Gasteiger partial charge in [0.1, 0.15) is 0 Å². The first-order valence-corrected chi connectivity index (χ1v) is 7.33. The molecule has 116 valence electrons. The summed E-state index contributed by atoms with van der Waals surface area (Å²) in [6, 6.07) is 4.17. The third-order valence-corrected chi connectivity index (χ3v) is 3.70. The fraction of sp³-hybridized carbons (Fsp3) is 0.600. The number of piperazine rings is 1. The monoisotopic (exact) mass is 295 g/mol. The molecule has 0 bridgehead atoms. The standard InChI is InChI=1S/C15H22FN3O2/c1-12(2)10-17-5-7-18(8-6-17)11-13-3-4-15(19(20)21)14(16)9-13/h3-4,9,12H,5-8,10-11H2,1-2H3. The maximum Gasteiger partial charge on any atom is 0.304 e. The lowest BCUT2D eigenvalue weighted by Crippen LogP contribution is -2.46. The molecular formula is C15H22FN3O2. The Morgan fingerprint density at radius 1 is 1.24 bits per heavy atom. The van der Waals surface area contributed by atoms with Crippen molar-refractivity contribution in [3.63, 3.8) is 0 Å². The summed E-state index contributed by atoms with van der Waals surface area (Å²) in [6.45, 7) is 10.1. The van der Waals surface area contributed by atoms with Gasteiger partial charge < -0.3 is 4.90 Å². The van der Waals surface area contributed by atoms with Crippen molar-refractivity contribution in [3.05, 3.63) is 39.7 Å². The van der Waals surface area contributed by atoms with Crippen LogP contribution in [0, 0.1) is 21.8 Å². The lowest BCUT2D eigenvalue weighted by Gasteiger charge is -2.35. The predicted molar refractivity (Wildman–Crippen MR) is 79.6 cm³/mol. The van der Waals surface area contributed by atoms with Gasteiger partial charge in [-0.05, 0) is 17.5 Å². The van der Waals surface area contributed by atoms with Crippen LogP contribution in [0.5, 0.6) is 0 Å². The predicted octanol–water partition coefficient (Wildman–Crippen LogP) is 2.51. The average Bonchev–Trinajstić information content (AvgIpc) is 2.40. The van der Waals surface area contributed by atoms with Gasteiger partial charge in [0.2, 0.25) is 5.82 Å². The second kappa shape index (κ2) is 6.95. The molecule has 5 nitrogen and oxygen atoms in total. The quantitative estimate of drug-likeness (QED) is 0.618. The summed E-state index contributed by atoms with van der Waals surface area (Å²) >= 11 is 0. The van der Waals surface area contributed by atoms with E-state index in [1.807, 2.05) is 0 Å². The number of halogens is 1. The highest BCUT2D eigenvalue weighted by atomic mass is 19.1. The highest BCUT2D eigenvalue weighted by Gasteiger charge is 2.19. The van der Waals surface area contributed by atoms with Crippen LogP contribution in [0.3, 0.4) is 0 Å². The molecule has 1 aliphatic rings. The van der Waals surface area contributed by atoms with Gasteiger partial charge >= 0.3 is 5.69 Å². The first kappa shape index (κ1) is 15.9. The Bertz CT molecular complexity index is 500. The zero-order chi connectivity index (χ0) is 15.4. The Morgan fingerprint density at radius 2 is 1.86 bits per heavy atom. The van der Waals surface area contributed by atoms with E-state index in [0.717, 1.165) is 38.3 Å².